The zero-order chi connectivity index (χ0) is 23.0. The highest BCUT2D eigenvalue weighted by Crippen LogP contribution is 2.18. The molecule has 8 heteroatoms. The van der Waals surface area contributed by atoms with E-state index in [0.717, 1.165) is 24.2 Å². The molecule has 3 aromatic rings. The number of benzene rings is 2. The van der Waals surface area contributed by atoms with Gasteiger partial charge in [0, 0.05) is 37.7 Å². The molecule has 8 nitrogen and oxygen atoms in total. The molecule has 0 unspecified atom stereocenters. The van der Waals surface area contributed by atoms with Crippen LogP contribution in [0.5, 0.6) is 0 Å². The molecule has 172 valence electrons. The molecule has 0 saturated carbocycles. The van der Waals surface area contributed by atoms with Gasteiger partial charge < -0.3 is 15.4 Å². The minimum Gasteiger partial charge on any atom is -0.379 e. The number of morpholine rings is 1. The third-order valence-electron chi connectivity index (χ3n) is 5.65. The Morgan fingerprint density at radius 1 is 1.12 bits per heavy atom. The Hall–Kier alpha value is -3.49. The Labute approximate surface area is 193 Å². The summed E-state index contributed by atoms with van der Waals surface area (Å²) in [6.45, 7) is 6.26. The van der Waals surface area contributed by atoms with Crippen molar-refractivity contribution in [3.63, 3.8) is 0 Å². The van der Waals surface area contributed by atoms with Gasteiger partial charge in [0.25, 0.3) is 0 Å². The number of hydrogen-bond acceptors (Lipinski definition) is 5. The molecule has 2 N–H and O–H groups in total. The van der Waals surface area contributed by atoms with Gasteiger partial charge in [-0.15, -0.1) is 0 Å². The van der Waals surface area contributed by atoms with Crippen LogP contribution in [0.2, 0.25) is 0 Å². The number of carbonyl (C=O) groups is 1. The summed E-state index contributed by atoms with van der Waals surface area (Å²) < 4.78 is 6.98. The molecule has 1 aliphatic rings. The molecular formula is C25H29N5O3. The fourth-order valence-electron chi connectivity index (χ4n) is 3.85. The van der Waals surface area contributed by atoms with Gasteiger partial charge in [0.15, 0.2) is 0 Å². The van der Waals surface area contributed by atoms with Gasteiger partial charge in [-0.05, 0) is 36.2 Å². The summed E-state index contributed by atoms with van der Waals surface area (Å²) in [5, 5.41) is 6.06. The Balaban J connectivity index is 1.43. The van der Waals surface area contributed by atoms with Crippen LogP contribution in [0.25, 0.3) is 0 Å². The second-order valence-electron chi connectivity index (χ2n) is 8.21. The van der Waals surface area contributed by atoms with Crippen LogP contribution in [0.15, 0.2) is 71.8 Å². The molecule has 0 spiro atoms. The molecule has 2 aromatic carbocycles. The molecule has 33 heavy (non-hydrogen) atoms. The lowest BCUT2D eigenvalue weighted by Crippen LogP contribution is -2.44. The number of amides is 2. The van der Waals surface area contributed by atoms with Gasteiger partial charge in [0.2, 0.25) is 0 Å². The molecule has 0 bridgehead atoms. The second kappa shape index (κ2) is 10.9. The van der Waals surface area contributed by atoms with Crippen molar-refractivity contribution in [3.05, 3.63) is 94.2 Å². The highest BCUT2D eigenvalue weighted by molar-refractivity contribution is 5.89. The standard InChI is InChI=1S/C25H29N5O3/c1-19-6-8-21(9-7-19)23(18-29-12-14-33-15-13-29)28-24(31)27-22-5-2-4-20(16-22)17-30-11-3-10-26-25(30)32/h2-11,16,23H,12-15,17-18H2,1H3,(H2,27,28,31)/t23-/m1/s1. The third-order valence-corrected chi connectivity index (χ3v) is 5.65. The molecule has 0 aliphatic carbocycles. The van der Waals surface area contributed by atoms with Gasteiger partial charge in [-0.2, -0.15) is 0 Å². The lowest BCUT2D eigenvalue weighted by atomic mass is 10.0. The number of rotatable bonds is 7. The van der Waals surface area contributed by atoms with Gasteiger partial charge in [0.05, 0.1) is 25.8 Å². The number of nitrogens with zero attached hydrogens (tertiary/aromatic N) is 3. The largest absolute Gasteiger partial charge is 0.379 e. The summed E-state index contributed by atoms with van der Waals surface area (Å²) in [5.74, 6) is 0. The number of aromatic nitrogens is 2. The molecule has 1 aliphatic heterocycles. The van der Waals surface area contributed by atoms with Crippen molar-refractivity contribution in [2.75, 3.05) is 38.2 Å². The average molecular weight is 448 g/mol. The topological polar surface area (TPSA) is 88.5 Å². The van der Waals surface area contributed by atoms with Crippen molar-refractivity contribution >= 4 is 11.7 Å². The first-order valence-corrected chi connectivity index (χ1v) is 11.1. The van der Waals surface area contributed by atoms with E-state index in [1.165, 1.54) is 16.3 Å². The molecule has 4 rings (SSSR count). The fraction of sp³-hybridized carbons (Fsp3) is 0.320. The van der Waals surface area contributed by atoms with E-state index in [-0.39, 0.29) is 17.8 Å². The third kappa shape index (κ3) is 6.50. The van der Waals surface area contributed by atoms with Crippen LogP contribution in [0.3, 0.4) is 0 Å². The summed E-state index contributed by atoms with van der Waals surface area (Å²) in [7, 11) is 0. The molecular weight excluding hydrogens is 418 g/mol. The normalized spacial score (nSPS) is 15.1. The van der Waals surface area contributed by atoms with Gasteiger partial charge >= 0.3 is 11.7 Å². The number of ether oxygens (including phenoxy) is 1. The average Bonchev–Trinajstić information content (AvgIpc) is 2.82. The first-order chi connectivity index (χ1) is 16.1. The monoisotopic (exact) mass is 447 g/mol. The number of urea groups is 1. The van der Waals surface area contributed by atoms with Crippen LogP contribution in [0, 0.1) is 6.92 Å². The minimum atomic E-state index is -0.308. The molecule has 0 radical (unpaired) electrons. The van der Waals surface area contributed by atoms with E-state index in [0.29, 0.717) is 32.0 Å². The fourth-order valence-corrected chi connectivity index (χ4v) is 3.85. The van der Waals surface area contributed by atoms with Crippen LogP contribution < -0.4 is 16.3 Å². The maximum absolute atomic E-state index is 12.9. The zero-order valence-corrected chi connectivity index (χ0v) is 18.7. The summed E-state index contributed by atoms with van der Waals surface area (Å²) in [6, 6.07) is 17.0. The van der Waals surface area contributed by atoms with E-state index in [1.807, 2.05) is 31.2 Å². The Morgan fingerprint density at radius 2 is 1.91 bits per heavy atom. The Bertz CT molecular complexity index is 1120. The van der Waals surface area contributed by atoms with Crippen molar-refractivity contribution in [2.45, 2.75) is 19.5 Å². The zero-order valence-electron chi connectivity index (χ0n) is 18.7. The molecule has 1 fully saturated rings. The van der Waals surface area contributed by atoms with Crippen molar-refractivity contribution in [2.24, 2.45) is 0 Å². The van der Waals surface area contributed by atoms with Crippen LogP contribution >= 0.6 is 0 Å². The summed E-state index contributed by atoms with van der Waals surface area (Å²) in [4.78, 5) is 30.9. The highest BCUT2D eigenvalue weighted by Gasteiger charge is 2.20. The summed E-state index contributed by atoms with van der Waals surface area (Å²) in [6.07, 6.45) is 3.17. The molecule has 1 saturated heterocycles. The Kier molecular flexibility index (Phi) is 7.49. The number of hydrogen-bond donors (Lipinski definition) is 2. The quantitative estimate of drug-likeness (QED) is 0.582. The van der Waals surface area contributed by atoms with E-state index in [4.69, 9.17) is 4.74 Å². The number of anilines is 1. The van der Waals surface area contributed by atoms with Crippen molar-refractivity contribution in [1.29, 1.82) is 0 Å². The SMILES string of the molecule is Cc1ccc([C@@H](CN2CCOCC2)NC(=O)Nc2cccc(Cn3cccnc3=O)c2)cc1. The van der Waals surface area contributed by atoms with Crippen molar-refractivity contribution in [3.8, 4) is 0 Å². The first kappa shape index (κ1) is 22.7. The van der Waals surface area contributed by atoms with E-state index < -0.39 is 0 Å². The van der Waals surface area contributed by atoms with Crippen LogP contribution in [0.1, 0.15) is 22.7 Å². The number of aryl methyl sites for hydroxylation is 1. The lowest BCUT2D eigenvalue weighted by molar-refractivity contribution is 0.0340. The van der Waals surface area contributed by atoms with Gasteiger partial charge in [0.1, 0.15) is 0 Å². The van der Waals surface area contributed by atoms with Crippen LogP contribution in [-0.2, 0) is 11.3 Å². The Morgan fingerprint density at radius 3 is 2.67 bits per heavy atom. The van der Waals surface area contributed by atoms with E-state index >= 15 is 0 Å². The van der Waals surface area contributed by atoms with Crippen LogP contribution in [-0.4, -0.2) is 53.3 Å². The number of carbonyl (C=O) groups excluding carboxylic acids is 1. The predicted octanol–water partition coefficient (Wildman–Crippen LogP) is 2.80. The predicted molar refractivity (Wildman–Crippen MR) is 127 cm³/mol. The molecule has 2 heterocycles. The number of nitrogens with one attached hydrogen (secondary N) is 2. The van der Waals surface area contributed by atoms with Gasteiger partial charge in [-0.1, -0.05) is 42.0 Å². The van der Waals surface area contributed by atoms with Crippen LogP contribution in [0.4, 0.5) is 10.5 Å². The molecule has 1 atom stereocenters. The summed E-state index contributed by atoms with van der Waals surface area (Å²) in [5.41, 5.74) is 3.49. The van der Waals surface area contributed by atoms with Crippen molar-refractivity contribution in [1.82, 2.24) is 19.8 Å². The highest BCUT2D eigenvalue weighted by atomic mass is 16.5. The summed E-state index contributed by atoms with van der Waals surface area (Å²) >= 11 is 0. The van der Waals surface area contributed by atoms with Crippen molar-refractivity contribution < 1.29 is 9.53 Å². The minimum absolute atomic E-state index is 0.152. The van der Waals surface area contributed by atoms with E-state index in [2.05, 4.69) is 44.8 Å². The van der Waals surface area contributed by atoms with Gasteiger partial charge in [-0.25, -0.2) is 14.6 Å². The smallest absolute Gasteiger partial charge is 0.347 e. The molecule has 2 amide bonds. The maximum atomic E-state index is 12.9. The molecule has 1 aromatic heterocycles. The van der Waals surface area contributed by atoms with E-state index in [9.17, 15) is 9.59 Å². The first-order valence-electron chi connectivity index (χ1n) is 11.1. The lowest BCUT2D eigenvalue weighted by Gasteiger charge is -2.31. The van der Waals surface area contributed by atoms with Gasteiger partial charge in [-0.3, -0.25) is 9.47 Å². The maximum Gasteiger partial charge on any atom is 0.347 e. The second-order valence-corrected chi connectivity index (χ2v) is 8.21. The van der Waals surface area contributed by atoms with E-state index in [1.54, 1.807) is 12.3 Å².